The number of aliphatic hydroxyl groups excluding tert-OH is 1. The fourth-order valence-electron chi connectivity index (χ4n) is 1.61. The van der Waals surface area contributed by atoms with E-state index in [9.17, 15) is 9.59 Å². The number of Topliss-reactive ketones (excluding diaryl/α,β-unsaturated/α-hetero) is 1. The van der Waals surface area contributed by atoms with Gasteiger partial charge in [-0.25, -0.2) is 4.79 Å². The zero-order valence-corrected chi connectivity index (χ0v) is 10.0. The van der Waals surface area contributed by atoms with Crippen LogP contribution in [0.1, 0.15) is 26.7 Å². The number of allylic oxidation sites excluding steroid dienone is 1. The van der Waals surface area contributed by atoms with Gasteiger partial charge in [-0.1, -0.05) is 0 Å². The molecule has 0 aromatic carbocycles. The van der Waals surface area contributed by atoms with Crippen LogP contribution in [0.25, 0.3) is 0 Å². The summed E-state index contributed by atoms with van der Waals surface area (Å²) in [6.07, 6.45) is 1.88. The quantitative estimate of drug-likeness (QED) is 0.696. The average molecular weight is 242 g/mol. The first kappa shape index (κ1) is 13.7. The summed E-state index contributed by atoms with van der Waals surface area (Å²) in [6.45, 7) is 2.94. The number of ketones is 1. The van der Waals surface area contributed by atoms with Gasteiger partial charge >= 0.3 is 6.03 Å². The molecular weight excluding hydrogens is 224 g/mol. The lowest BCUT2D eigenvalue weighted by Crippen LogP contribution is -2.40. The molecule has 1 heterocycles. The lowest BCUT2D eigenvalue weighted by molar-refractivity contribution is -0.113. The Morgan fingerprint density at radius 3 is 2.53 bits per heavy atom. The number of nitrogens with zero attached hydrogens (tertiary/aromatic N) is 1. The number of nitrogens with two attached hydrogens (primary N) is 1. The predicted octanol–water partition coefficient (Wildman–Crippen LogP) is 0.357. The van der Waals surface area contributed by atoms with Crippen molar-refractivity contribution in [2.45, 2.75) is 39.0 Å². The van der Waals surface area contributed by atoms with E-state index in [1.54, 1.807) is 6.92 Å². The number of aliphatic hydroxyl groups is 1. The molecule has 2 unspecified atom stereocenters. The molecule has 1 rings (SSSR count). The summed E-state index contributed by atoms with van der Waals surface area (Å²) >= 11 is 0. The molecule has 2 atom stereocenters. The largest absolute Gasteiger partial charge is 0.394 e. The zero-order chi connectivity index (χ0) is 13.0. The molecule has 2 amide bonds. The molecule has 1 saturated heterocycles. The number of carbonyl (C=O) groups is 2. The molecular formula is C11H18N2O4. The zero-order valence-electron chi connectivity index (χ0n) is 10.0. The highest BCUT2D eigenvalue weighted by Gasteiger charge is 2.30. The lowest BCUT2D eigenvalue weighted by atomic mass is 10.2. The Balaban J connectivity index is 2.77. The highest BCUT2D eigenvalue weighted by Crippen LogP contribution is 2.23. The maximum absolute atomic E-state index is 11.3. The number of hydrogen-bond donors (Lipinski definition) is 2. The van der Waals surface area contributed by atoms with Gasteiger partial charge in [-0.3, -0.25) is 9.69 Å². The summed E-state index contributed by atoms with van der Waals surface area (Å²) in [6, 6.07) is -0.672. The van der Waals surface area contributed by atoms with Crippen LogP contribution in [0.2, 0.25) is 0 Å². The summed E-state index contributed by atoms with van der Waals surface area (Å²) in [5.41, 5.74) is 5.67. The monoisotopic (exact) mass is 242 g/mol. The summed E-state index contributed by atoms with van der Waals surface area (Å²) in [4.78, 5) is 23.6. The third kappa shape index (κ3) is 3.54. The fraction of sp³-hybridized carbons (Fsp3) is 0.636. The van der Waals surface area contributed by atoms with Crippen LogP contribution in [-0.2, 0) is 9.53 Å². The molecule has 3 N–H and O–H groups in total. The van der Waals surface area contributed by atoms with Crippen LogP contribution < -0.4 is 5.73 Å². The normalized spacial score (nSPS) is 24.8. The van der Waals surface area contributed by atoms with Gasteiger partial charge in [0.05, 0.1) is 12.7 Å². The third-order valence-electron chi connectivity index (χ3n) is 2.74. The van der Waals surface area contributed by atoms with Crippen molar-refractivity contribution < 1.29 is 19.4 Å². The Morgan fingerprint density at radius 1 is 1.47 bits per heavy atom. The van der Waals surface area contributed by atoms with Crippen LogP contribution in [0.5, 0.6) is 0 Å². The Bertz CT molecular complexity index is 340. The Hall–Kier alpha value is -1.40. The van der Waals surface area contributed by atoms with Crippen molar-refractivity contribution in [2.24, 2.45) is 5.73 Å². The molecule has 0 aromatic heterocycles. The average Bonchev–Trinajstić information content (AvgIpc) is 2.72. The molecule has 1 aliphatic rings. The minimum absolute atomic E-state index is 0.0848. The van der Waals surface area contributed by atoms with Crippen molar-refractivity contribution in [3.05, 3.63) is 11.8 Å². The number of primary amides is 1. The van der Waals surface area contributed by atoms with Gasteiger partial charge in [0.1, 0.15) is 6.23 Å². The van der Waals surface area contributed by atoms with Crippen LogP contribution in [0.4, 0.5) is 4.79 Å². The minimum Gasteiger partial charge on any atom is -0.394 e. The van der Waals surface area contributed by atoms with Gasteiger partial charge in [0.2, 0.25) is 0 Å². The highest BCUT2D eigenvalue weighted by molar-refractivity contribution is 5.93. The Kier molecular flexibility index (Phi) is 4.65. The summed E-state index contributed by atoms with van der Waals surface area (Å²) in [5.74, 6) is -0.132. The molecule has 17 heavy (non-hydrogen) atoms. The molecule has 6 heteroatoms. The maximum atomic E-state index is 11.3. The molecule has 1 fully saturated rings. The van der Waals surface area contributed by atoms with Crippen LogP contribution in [0, 0.1) is 0 Å². The van der Waals surface area contributed by atoms with Crippen molar-refractivity contribution >= 4 is 11.8 Å². The van der Waals surface area contributed by atoms with E-state index < -0.39 is 12.3 Å². The van der Waals surface area contributed by atoms with Crippen molar-refractivity contribution in [2.75, 3.05) is 6.61 Å². The van der Waals surface area contributed by atoms with Crippen LogP contribution in [0.3, 0.4) is 0 Å². The summed E-state index contributed by atoms with van der Waals surface area (Å²) in [5, 5.41) is 8.95. The number of rotatable bonds is 4. The highest BCUT2D eigenvalue weighted by atomic mass is 16.5. The number of urea groups is 1. The molecule has 0 aliphatic carbocycles. The van der Waals surface area contributed by atoms with Gasteiger partial charge in [0, 0.05) is 11.8 Å². The molecule has 0 spiro atoms. The number of hydrogen-bond acceptors (Lipinski definition) is 4. The van der Waals surface area contributed by atoms with Gasteiger partial charge in [-0.2, -0.15) is 0 Å². The second kappa shape index (κ2) is 5.79. The van der Waals surface area contributed by atoms with E-state index in [0.29, 0.717) is 18.4 Å². The number of ether oxygens (including phenoxy) is 1. The van der Waals surface area contributed by atoms with E-state index in [2.05, 4.69) is 0 Å². The van der Waals surface area contributed by atoms with Crippen LogP contribution in [-0.4, -0.2) is 40.8 Å². The first-order valence-corrected chi connectivity index (χ1v) is 5.49. The van der Waals surface area contributed by atoms with Crippen molar-refractivity contribution in [3.63, 3.8) is 0 Å². The Labute approximate surface area is 100 Å². The van der Waals surface area contributed by atoms with Crippen molar-refractivity contribution in [1.82, 2.24) is 4.90 Å². The summed E-state index contributed by atoms with van der Waals surface area (Å²) in [7, 11) is 0. The van der Waals surface area contributed by atoms with Crippen molar-refractivity contribution in [1.29, 1.82) is 0 Å². The fourth-order valence-corrected chi connectivity index (χ4v) is 1.61. The first-order valence-electron chi connectivity index (χ1n) is 5.49. The molecule has 96 valence electrons. The summed E-state index contributed by atoms with van der Waals surface area (Å²) < 4.78 is 5.43. The smallest absolute Gasteiger partial charge is 0.320 e. The van der Waals surface area contributed by atoms with E-state index in [4.69, 9.17) is 15.6 Å². The predicted molar refractivity (Wildman–Crippen MR) is 60.8 cm³/mol. The van der Waals surface area contributed by atoms with Gasteiger partial charge in [0.15, 0.2) is 5.78 Å². The minimum atomic E-state index is -0.672. The maximum Gasteiger partial charge on any atom is 0.320 e. The van der Waals surface area contributed by atoms with E-state index in [1.807, 2.05) is 0 Å². The Morgan fingerprint density at radius 2 is 2.12 bits per heavy atom. The van der Waals surface area contributed by atoms with Gasteiger partial charge < -0.3 is 15.6 Å². The second-order valence-electron chi connectivity index (χ2n) is 4.09. The van der Waals surface area contributed by atoms with E-state index in [1.165, 1.54) is 18.0 Å². The molecule has 6 nitrogen and oxygen atoms in total. The van der Waals surface area contributed by atoms with E-state index in [-0.39, 0.29) is 18.5 Å². The van der Waals surface area contributed by atoms with Gasteiger partial charge in [-0.05, 0) is 26.7 Å². The molecule has 0 bridgehead atoms. The van der Waals surface area contributed by atoms with Crippen LogP contribution >= 0.6 is 0 Å². The standard InChI is InChI=1S/C11H18N2O4/c1-7(8(2)15)5-13(11(12)16)10-4-3-9(6-14)17-10/h5,9-10,14H,3-4,6H2,1-2H3,(H2,12,16)/b7-5-. The molecule has 0 aromatic rings. The molecule has 0 radical (unpaired) electrons. The van der Waals surface area contributed by atoms with E-state index >= 15 is 0 Å². The second-order valence-corrected chi connectivity index (χ2v) is 4.09. The topological polar surface area (TPSA) is 92.9 Å². The number of carbonyl (C=O) groups excluding carboxylic acids is 2. The van der Waals surface area contributed by atoms with Gasteiger partial charge in [0.25, 0.3) is 0 Å². The van der Waals surface area contributed by atoms with E-state index in [0.717, 1.165) is 0 Å². The van der Waals surface area contributed by atoms with Crippen molar-refractivity contribution in [3.8, 4) is 0 Å². The van der Waals surface area contributed by atoms with Crippen LogP contribution in [0.15, 0.2) is 11.8 Å². The molecule has 1 aliphatic heterocycles. The lowest BCUT2D eigenvalue weighted by Gasteiger charge is -2.24. The molecule has 0 saturated carbocycles. The third-order valence-corrected chi connectivity index (χ3v) is 2.74. The SMILES string of the molecule is CC(=O)/C(C)=C\N(C(N)=O)C1CCC(CO)O1. The van der Waals surface area contributed by atoms with Gasteiger partial charge in [-0.15, -0.1) is 0 Å². The first-order chi connectivity index (χ1) is 7.95. The number of amides is 2.